The number of nitrogens with one attached hydrogen (secondary N) is 1. The van der Waals surface area contributed by atoms with Gasteiger partial charge in [0.05, 0.1) is 0 Å². The quantitative estimate of drug-likeness (QED) is 0.834. The van der Waals surface area contributed by atoms with Gasteiger partial charge in [-0.15, -0.1) is 0 Å². The minimum atomic E-state index is 0.151. The average Bonchev–Trinajstić information content (AvgIpc) is 3.16. The molecule has 0 heterocycles. The van der Waals surface area contributed by atoms with Crippen molar-refractivity contribution in [3.05, 3.63) is 35.4 Å². The van der Waals surface area contributed by atoms with Crippen LogP contribution in [0.15, 0.2) is 24.3 Å². The minimum Gasteiger partial charge on any atom is -0.355 e. The van der Waals surface area contributed by atoms with E-state index in [4.69, 9.17) is 5.73 Å². The Balaban J connectivity index is 1.93. The van der Waals surface area contributed by atoms with E-state index in [1.165, 1.54) is 11.1 Å². The van der Waals surface area contributed by atoms with Gasteiger partial charge in [-0.1, -0.05) is 38.1 Å². The molecule has 0 aliphatic heterocycles. The molecule has 1 fully saturated rings. The van der Waals surface area contributed by atoms with Gasteiger partial charge in [-0.05, 0) is 29.4 Å². The Bertz CT molecular complexity index is 411. The molecule has 98 valence electrons. The molecule has 1 aromatic rings. The van der Waals surface area contributed by atoms with Gasteiger partial charge in [0, 0.05) is 19.0 Å². The van der Waals surface area contributed by atoms with E-state index in [1.54, 1.807) is 0 Å². The Labute approximate surface area is 109 Å². The smallest absolute Gasteiger partial charge is 0.223 e. The van der Waals surface area contributed by atoms with Crippen molar-refractivity contribution in [3.8, 4) is 0 Å². The molecule has 2 unspecified atom stereocenters. The van der Waals surface area contributed by atoms with Gasteiger partial charge in [-0.3, -0.25) is 4.79 Å². The first kappa shape index (κ1) is 13.1. The first-order valence-electron chi connectivity index (χ1n) is 6.71. The van der Waals surface area contributed by atoms with Crippen LogP contribution in [0.5, 0.6) is 0 Å². The Morgan fingerprint density at radius 2 is 2.06 bits per heavy atom. The van der Waals surface area contributed by atoms with Gasteiger partial charge in [-0.25, -0.2) is 0 Å². The third kappa shape index (κ3) is 2.91. The number of amides is 1. The highest BCUT2D eigenvalue weighted by atomic mass is 16.2. The van der Waals surface area contributed by atoms with E-state index in [2.05, 4.69) is 43.4 Å². The van der Waals surface area contributed by atoms with Crippen LogP contribution in [0.3, 0.4) is 0 Å². The van der Waals surface area contributed by atoms with Crippen molar-refractivity contribution in [1.29, 1.82) is 0 Å². The molecule has 0 saturated heterocycles. The van der Waals surface area contributed by atoms with Crippen molar-refractivity contribution in [3.63, 3.8) is 0 Å². The molecular formula is C15H22N2O. The maximum Gasteiger partial charge on any atom is 0.223 e. The lowest BCUT2D eigenvalue weighted by molar-refractivity contribution is -0.122. The standard InChI is InChI=1S/C15H22N2O/c1-10(2)11-3-5-12(6-4-11)13-9-14(13)15(18)17-8-7-16/h3-6,10,13-14H,7-9,16H2,1-2H3,(H,17,18). The van der Waals surface area contributed by atoms with Gasteiger partial charge in [-0.2, -0.15) is 0 Å². The van der Waals surface area contributed by atoms with Gasteiger partial charge in [0.25, 0.3) is 0 Å². The fourth-order valence-electron chi connectivity index (χ4n) is 2.31. The van der Waals surface area contributed by atoms with Gasteiger partial charge >= 0.3 is 0 Å². The van der Waals surface area contributed by atoms with Crippen LogP contribution in [-0.4, -0.2) is 19.0 Å². The summed E-state index contributed by atoms with van der Waals surface area (Å²) in [6.07, 6.45) is 0.970. The molecule has 0 aromatic heterocycles. The molecule has 2 atom stereocenters. The summed E-state index contributed by atoms with van der Waals surface area (Å²) >= 11 is 0. The maximum absolute atomic E-state index is 11.8. The number of benzene rings is 1. The van der Waals surface area contributed by atoms with E-state index in [9.17, 15) is 4.79 Å². The highest BCUT2D eigenvalue weighted by molar-refractivity contribution is 5.82. The summed E-state index contributed by atoms with van der Waals surface area (Å²) in [6, 6.07) is 8.67. The van der Waals surface area contributed by atoms with Crippen molar-refractivity contribution < 1.29 is 4.79 Å². The van der Waals surface area contributed by atoms with Gasteiger partial charge in [0.2, 0.25) is 5.91 Å². The van der Waals surface area contributed by atoms with Crippen molar-refractivity contribution in [2.45, 2.75) is 32.1 Å². The molecular weight excluding hydrogens is 224 g/mol. The molecule has 0 radical (unpaired) electrons. The van der Waals surface area contributed by atoms with Gasteiger partial charge in [0.1, 0.15) is 0 Å². The van der Waals surface area contributed by atoms with Crippen molar-refractivity contribution >= 4 is 5.91 Å². The zero-order valence-electron chi connectivity index (χ0n) is 11.1. The van der Waals surface area contributed by atoms with E-state index >= 15 is 0 Å². The minimum absolute atomic E-state index is 0.151. The van der Waals surface area contributed by atoms with Gasteiger partial charge < -0.3 is 11.1 Å². The highest BCUT2D eigenvalue weighted by Crippen LogP contribution is 2.47. The molecule has 1 aliphatic rings. The number of nitrogens with two attached hydrogens (primary N) is 1. The third-order valence-corrected chi connectivity index (χ3v) is 3.60. The van der Waals surface area contributed by atoms with Crippen LogP contribution in [0.2, 0.25) is 0 Å². The SMILES string of the molecule is CC(C)c1ccc(C2CC2C(=O)NCCN)cc1. The molecule has 3 N–H and O–H groups in total. The highest BCUT2D eigenvalue weighted by Gasteiger charge is 2.43. The number of hydrogen-bond acceptors (Lipinski definition) is 2. The molecule has 1 aromatic carbocycles. The summed E-state index contributed by atoms with van der Waals surface area (Å²) in [4.78, 5) is 11.8. The summed E-state index contributed by atoms with van der Waals surface area (Å²) in [7, 11) is 0. The third-order valence-electron chi connectivity index (χ3n) is 3.60. The fourth-order valence-corrected chi connectivity index (χ4v) is 2.31. The van der Waals surface area contributed by atoms with Crippen LogP contribution in [0.25, 0.3) is 0 Å². The first-order chi connectivity index (χ1) is 8.63. The zero-order chi connectivity index (χ0) is 13.1. The fraction of sp³-hybridized carbons (Fsp3) is 0.533. The molecule has 2 rings (SSSR count). The predicted octanol–water partition coefficient (Wildman–Crippen LogP) is 1.99. The normalized spacial score (nSPS) is 22.0. The number of carbonyl (C=O) groups excluding carboxylic acids is 1. The molecule has 1 saturated carbocycles. The van der Waals surface area contributed by atoms with Gasteiger partial charge in [0.15, 0.2) is 0 Å². The van der Waals surface area contributed by atoms with Crippen LogP contribution >= 0.6 is 0 Å². The number of hydrogen-bond donors (Lipinski definition) is 2. The van der Waals surface area contributed by atoms with Crippen LogP contribution in [0.1, 0.15) is 43.2 Å². The molecule has 0 bridgehead atoms. The van der Waals surface area contributed by atoms with Crippen molar-refractivity contribution in [1.82, 2.24) is 5.32 Å². The Kier molecular flexibility index (Phi) is 4.02. The maximum atomic E-state index is 11.8. The summed E-state index contributed by atoms with van der Waals surface area (Å²) in [5.41, 5.74) is 8.01. The summed E-state index contributed by atoms with van der Waals surface area (Å²) < 4.78 is 0. The van der Waals surface area contributed by atoms with Crippen molar-refractivity contribution in [2.75, 3.05) is 13.1 Å². The lowest BCUT2D eigenvalue weighted by Gasteiger charge is -2.07. The molecule has 1 aliphatic carbocycles. The van der Waals surface area contributed by atoms with E-state index in [0.717, 1.165) is 6.42 Å². The Morgan fingerprint density at radius 3 is 2.61 bits per heavy atom. The second kappa shape index (κ2) is 5.53. The molecule has 3 nitrogen and oxygen atoms in total. The van der Waals surface area contributed by atoms with E-state index < -0.39 is 0 Å². The number of rotatable bonds is 5. The van der Waals surface area contributed by atoms with Crippen LogP contribution < -0.4 is 11.1 Å². The summed E-state index contributed by atoms with van der Waals surface area (Å²) in [5, 5.41) is 2.86. The van der Waals surface area contributed by atoms with Crippen molar-refractivity contribution in [2.24, 2.45) is 11.7 Å². The monoisotopic (exact) mass is 246 g/mol. The zero-order valence-corrected chi connectivity index (χ0v) is 11.1. The second-order valence-corrected chi connectivity index (χ2v) is 5.35. The average molecular weight is 246 g/mol. The predicted molar refractivity (Wildman–Crippen MR) is 73.4 cm³/mol. The van der Waals surface area contributed by atoms with Crippen LogP contribution in [0, 0.1) is 5.92 Å². The van der Waals surface area contributed by atoms with E-state index in [0.29, 0.717) is 24.9 Å². The van der Waals surface area contributed by atoms with E-state index in [-0.39, 0.29) is 11.8 Å². The summed E-state index contributed by atoms with van der Waals surface area (Å²) in [6.45, 7) is 5.46. The molecule has 1 amide bonds. The van der Waals surface area contributed by atoms with Crippen LogP contribution in [-0.2, 0) is 4.79 Å². The topological polar surface area (TPSA) is 55.1 Å². The lowest BCUT2D eigenvalue weighted by atomic mass is 10.00. The number of carbonyl (C=O) groups is 1. The van der Waals surface area contributed by atoms with E-state index in [1.807, 2.05) is 0 Å². The molecule has 18 heavy (non-hydrogen) atoms. The van der Waals surface area contributed by atoms with Crippen LogP contribution in [0.4, 0.5) is 0 Å². The molecule has 0 spiro atoms. The first-order valence-corrected chi connectivity index (χ1v) is 6.71. The summed E-state index contributed by atoms with van der Waals surface area (Å²) in [5.74, 6) is 1.27. The molecule has 3 heteroatoms. The Hall–Kier alpha value is -1.35. The largest absolute Gasteiger partial charge is 0.355 e. The second-order valence-electron chi connectivity index (χ2n) is 5.35. The lowest BCUT2D eigenvalue weighted by Crippen LogP contribution is -2.30. The Morgan fingerprint density at radius 1 is 1.39 bits per heavy atom.